The molecule has 0 N–H and O–H groups in total. The first-order chi connectivity index (χ1) is 8.15. The molecule has 1 aliphatic rings. The summed E-state index contributed by atoms with van der Waals surface area (Å²) in [5, 5.41) is 0.711. The summed E-state index contributed by atoms with van der Waals surface area (Å²) in [5.41, 5.74) is 1.06. The van der Waals surface area contributed by atoms with Gasteiger partial charge in [-0.1, -0.05) is 11.6 Å². The van der Waals surface area contributed by atoms with Gasteiger partial charge < -0.3 is 4.90 Å². The van der Waals surface area contributed by atoms with Crippen molar-refractivity contribution >= 4 is 28.6 Å². The number of halogens is 1. The van der Waals surface area contributed by atoms with Gasteiger partial charge in [0, 0.05) is 23.8 Å². The molecule has 0 amide bonds. The van der Waals surface area contributed by atoms with E-state index in [1.165, 1.54) is 0 Å². The SMILES string of the molecule is CC1CN(c2ccc(Cl)cc2)CCOS(=O)O1. The van der Waals surface area contributed by atoms with Crippen LogP contribution in [0.4, 0.5) is 5.69 Å². The zero-order chi connectivity index (χ0) is 12.3. The summed E-state index contributed by atoms with van der Waals surface area (Å²) in [5.74, 6) is 0. The lowest BCUT2D eigenvalue weighted by Crippen LogP contribution is -2.38. The fraction of sp³-hybridized carbons (Fsp3) is 0.455. The van der Waals surface area contributed by atoms with Gasteiger partial charge >= 0.3 is 11.4 Å². The van der Waals surface area contributed by atoms with Crippen LogP contribution in [0.5, 0.6) is 0 Å². The predicted octanol–water partition coefficient (Wildman–Crippen LogP) is 2.16. The van der Waals surface area contributed by atoms with E-state index in [1.807, 2.05) is 31.2 Å². The molecule has 0 bridgehead atoms. The Morgan fingerprint density at radius 1 is 1.41 bits per heavy atom. The molecule has 4 nitrogen and oxygen atoms in total. The van der Waals surface area contributed by atoms with Gasteiger partial charge in [-0.05, 0) is 31.2 Å². The number of benzene rings is 1. The molecule has 0 radical (unpaired) electrons. The Bertz CT molecular complexity index is 398. The van der Waals surface area contributed by atoms with E-state index in [2.05, 4.69) is 4.90 Å². The van der Waals surface area contributed by atoms with E-state index in [4.69, 9.17) is 20.0 Å². The summed E-state index contributed by atoms with van der Waals surface area (Å²) in [4.78, 5) is 2.12. The number of nitrogens with zero attached hydrogens (tertiary/aromatic N) is 1. The highest BCUT2D eigenvalue weighted by atomic mass is 35.5. The maximum Gasteiger partial charge on any atom is 0.304 e. The minimum atomic E-state index is -1.62. The molecular weight excluding hydrogens is 262 g/mol. The van der Waals surface area contributed by atoms with Crippen molar-refractivity contribution in [3.05, 3.63) is 29.3 Å². The first-order valence-electron chi connectivity index (χ1n) is 5.38. The lowest BCUT2D eigenvalue weighted by molar-refractivity contribution is 0.184. The van der Waals surface area contributed by atoms with E-state index >= 15 is 0 Å². The van der Waals surface area contributed by atoms with E-state index < -0.39 is 11.4 Å². The molecule has 94 valence electrons. The van der Waals surface area contributed by atoms with Crippen LogP contribution in [0.1, 0.15) is 6.92 Å². The zero-order valence-electron chi connectivity index (χ0n) is 9.47. The topological polar surface area (TPSA) is 38.8 Å². The Kier molecular flexibility index (Phi) is 4.39. The molecule has 0 spiro atoms. The Labute approximate surface area is 108 Å². The third-order valence-corrected chi connectivity index (χ3v) is 3.55. The van der Waals surface area contributed by atoms with Gasteiger partial charge in [0.15, 0.2) is 0 Å². The Morgan fingerprint density at radius 2 is 2.12 bits per heavy atom. The lowest BCUT2D eigenvalue weighted by atomic mass is 10.2. The van der Waals surface area contributed by atoms with Crippen LogP contribution in [-0.2, 0) is 19.7 Å². The minimum Gasteiger partial charge on any atom is -0.367 e. The quantitative estimate of drug-likeness (QED) is 0.787. The monoisotopic (exact) mass is 275 g/mol. The van der Waals surface area contributed by atoms with Crippen molar-refractivity contribution in [1.29, 1.82) is 0 Å². The molecule has 1 saturated heterocycles. The average Bonchev–Trinajstić information content (AvgIpc) is 2.26. The molecule has 2 atom stereocenters. The predicted molar refractivity (Wildman–Crippen MR) is 68.3 cm³/mol. The van der Waals surface area contributed by atoms with Gasteiger partial charge in [0.25, 0.3) is 0 Å². The van der Waals surface area contributed by atoms with E-state index in [0.29, 0.717) is 24.7 Å². The summed E-state index contributed by atoms with van der Waals surface area (Å²) in [6.07, 6.45) is -0.146. The fourth-order valence-corrected chi connectivity index (χ4v) is 2.42. The summed E-state index contributed by atoms with van der Waals surface area (Å²) >= 11 is 4.23. The Morgan fingerprint density at radius 3 is 2.82 bits per heavy atom. The second-order valence-electron chi connectivity index (χ2n) is 3.86. The number of hydrogen-bond donors (Lipinski definition) is 0. The molecule has 0 saturated carbocycles. The maximum atomic E-state index is 11.2. The number of hydrogen-bond acceptors (Lipinski definition) is 4. The second kappa shape index (κ2) is 5.82. The van der Waals surface area contributed by atoms with Crippen LogP contribution in [0, 0.1) is 0 Å². The molecule has 1 fully saturated rings. The molecule has 17 heavy (non-hydrogen) atoms. The van der Waals surface area contributed by atoms with Crippen LogP contribution in [0.3, 0.4) is 0 Å². The van der Waals surface area contributed by atoms with Crippen LogP contribution in [0.25, 0.3) is 0 Å². The fourth-order valence-electron chi connectivity index (χ4n) is 1.70. The third-order valence-electron chi connectivity index (χ3n) is 2.45. The van der Waals surface area contributed by atoms with Crippen molar-refractivity contribution in [3.63, 3.8) is 0 Å². The van der Waals surface area contributed by atoms with Crippen LogP contribution >= 0.6 is 11.6 Å². The first-order valence-corrected chi connectivity index (χ1v) is 6.75. The van der Waals surface area contributed by atoms with Gasteiger partial charge in [0.1, 0.15) is 0 Å². The van der Waals surface area contributed by atoms with Crippen molar-refractivity contribution in [3.8, 4) is 0 Å². The van der Waals surface area contributed by atoms with Crippen molar-refractivity contribution in [2.75, 3.05) is 24.6 Å². The van der Waals surface area contributed by atoms with Gasteiger partial charge in [-0.15, -0.1) is 0 Å². The zero-order valence-corrected chi connectivity index (χ0v) is 11.0. The van der Waals surface area contributed by atoms with E-state index in [-0.39, 0.29) is 6.10 Å². The number of rotatable bonds is 1. The lowest BCUT2D eigenvalue weighted by Gasteiger charge is -2.29. The van der Waals surface area contributed by atoms with E-state index in [1.54, 1.807) is 0 Å². The standard InChI is InChI=1S/C11H14ClNO3S/c1-9-8-13(6-7-15-17(14)16-9)11-4-2-10(12)3-5-11/h2-5,9H,6-8H2,1H3. The van der Waals surface area contributed by atoms with Crippen LogP contribution in [-0.4, -0.2) is 30.0 Å². The molecule has 1 heterocycles. The highest BCUT2D eigenvalue weighted by Gasteiger charge is 2.18. The highest BCUT2D eigenvalue weighted by molar-refractivity contribution is 7.75. The molecule has 0 aromatic heterocycles. The normalized spacial score (nSPS) is 26.4. The van der Waals surface area contributed by atoms with Crippen molar-refractivity contribution in [1.82, 2.24) is 0 Å². The average molecular weight is 276 g/mol. The van der Waals surface area contributed by atoms with Gasteiger partial charge in [0.2, 0.25) is 0 Å². The molecule has 1 aliphatic heterocycles. The summed E-state index contributed by atoms with van der Waals surface area (Å²) in [6.45, 7) is 3.61. The molecule has 1 aromatic carbocycles. The third kappa shape index (κ3) is 3.67. The van der Waals surface area contributed by atoms with Gasteiger partial charge in [-0.2, -0.15) is 4.21 Å². The van der Waals surface area contributed by atoms with E-state index in [0.717, 1.165) is 5.69 Å². The molecule has 2 rings (SSSR count). The van der Waals surface area contributed by atoms with Gasteiger partial charge in [0.05, 0.1) is 12.7 Å². The first kappa shape index (κ1) is 12.8. The summed E-state index contributed by atoms with van der Waals surface area (Å²) in [6, 6.07) is 7.60. The maximum absolute atomic E-state index is 11.2. The molecule has 2 unspecified atom stereocenters. The van der Waals surface area contributed by atoms with Crippen LogP contribution in [0.15, 0.2) is 24.3 Å². The second-order valence-corrected chi connectivity index (χ2v) is 5.13. The minimum absolute atomic E-state index is 0.146. The smallest absolute Gasteiger partial charge is 0.304 e. The Balaban J connectivity index is 2.09. The molecule has 0 aliphatic carbocycles. The summed E-state index contributed by atoms with van der Waals surface area (Å²) in [7, 11) is 0. The van der Waals surface area contributed by atoms with Gasteiger partial charge in [-0.3, -0.25) is 8.37 Å². The molecule has 6 heteroatoms. The van der Waals surface area contributed by atoms with Crippen molar-refractivity contribution in [2.24, 2.45) is 0 Å². The number of anilines is 1. The van der Waals surface area contributed by atoms with Crippen molar-refractivity contribution < 1.29 is 12.6 Å². The van der Waals surface area contributed by atoms with Crippen LogP contribution in [0.2, 0.25) is 5.02 Å². The van der Waals surface area contributed by atoms with Gasteiger partial charge in [-0.25, -0.2) is 0 Å². The van der Waals surface area contributed by atoms with E-state index in [9.17, 15) is 4.21 Å². The van der Waals surface area contributed by atoms with Crippen molar-refractivity contribution in [2.45, 2.75) is 13.0 Å². The molecular formula is C11H14ClNO3S. The molecule has 1 aromatic rings. The van der Waals surface area contributed by atoms with Crippen LogP contribution < -0.4 is 4.90 Å². The largest absolute Gasteiger partial charge is 0.367 e. The summed E-state index contributed by atoms with van der Waals surface area (Å²) < 4.78 is 21.3. The Hall–Kier alpha value is -0.620. The highest BCUT2D eigenvalue weighted by Crippen LogP contribution is 2.19.